The Morgan fingerprint density at radius 2 is 2.00 bits per heavy atom. The summed E-state index contributed by atoms with van der Waals surface area (Å²) >= 11 is 0. The van der Waals surface area contributed by atoms with Crippen molar-refractivity contribution in [3.63, 3.8) is 0 Å². The lowest BCUT2D eigenvalue weighted by Gasteiger charge is -2.03. The average Bonchev–Trinajstić information content (AvgIpc) is 2.34. The zero-order valence-corrected chi connectivity index (χ0v) is 6.51. The Morgan fingerprint density at radius 1 is 1.33 bits per heavy atom. The lowest BCUT2D eigenvalue weighted by Crippen LogP contribution is -1.71. The van der Waals surface area contributed by atoms with Gasteiger partial charge in [-0.1, -0.05) is 24.3 Å². The summed E-state index contributed by atoms with van der Waals surface area (Å²) in [6.07, 6.45) is 8.61. The van der Waals surface area contributed by atoms with Crippen LogP contribution in [0.4, 0.5) is 0 Å². The molecule has 1 heterocycles. The zero-order valence-electron chi connectivity index (χ0n) is 5.62. The Kier molecular flexibility index (Phi) is 2.65. The molecule has 0 aromatic heterocycles. The van der Waals surface area contributed by atoms with Crippen LogP contribution in [0.3, 0.4) is 0 Å². The van der Waals surface area contributed by atoms with Crippen LogP contribution in [0.1, 0.15) is 6.92 Å². The van der Waals surface area contributed by atoms with Gasteiger partial charge in [-0.15, -0.1) is 0 Å². The van der Waals surface area contributed by atoms with Gasteiger partial charge >= 0.3 is 0 Å². The molecule has 1 aliphatic heterocycles. The monoisotopic (exact) mass is 140 g/mol. The van der Waals surface area contributed by atoms with Gasteiger partial charge in [-0.2, -0.15) is 0 Å². The second-order valence-corrected chi connectivity index (χ2v) is 3.94. The predicted molar refractivity (Wildman–Crippen MR) is 46.9 cm³/mol. The largest absolute Gasteiger partial charge is 0.210 e. The van der Waals surface area contributed by atoms with Crippen LogP contribution in [-0.4, -0.2) is 5.75 Å². The van der Waals surface area contributed by atoms with Gasteiger partial charge in [0.15, 0.2) is 0 Å². The van der Waals surface area contributed by atoms with E-state index in [-0.39, 0.29) is 10.9 Å². The molecule has 0 aromatic rings. The number of allylic oxidation sites excluding steroid dienone is 3. The molecule has 0 bridgehead atoms. The van der Waals surface area contributed by atoms with E-state index in [9.17, 15) is 0 Å². The van der Waals surface area contributed by atoms with Crippen LogP contribution in [0.5, 0.6) is 0 Å². The first-order chi connectivity index (χ1) is 4.43. The second kappa shape index (κ2) is 3.57. The molecule has 0 radical (unpaired) electrons. The Hall–Kier alpha value is -0.430. The van der Waals surface area contributed by atoms with Crippen LogP contribution in [0.25, 0.3) is 0 Å². The third kappa shape index (κ3) is 2.10. The van der Waals surface area contributed by atoms with Gasteiger partial charge < -0.3 is 0 Å². The lowest BCUT2D eigenvalue weighted by molar-refractivity contribution is 1.65. The molecule has 0 saturated carbocycles. The number of hydrogen-bond donors (Lipinski definition) is 1. The Labute approximate surface area is 59.3 Å². The molecule has 0 unspecified atom stereocenters. The predicted octanol–water partition coefficient (Wildman–Crippen LogP) is 2.60. The molecule has 0 aliphatic carbocycles. The molecule has 0 nitrogen and oxygen atoms in total. The van der Waals surface area contributed by atoms with Crippen molar-refractivity contribution in [3.05, 3.63) is 35.1 Å². The summed E-state index contributed by atoms with van der Waals surface area (Å²) in [6.45, 7) is 2.07. The first-order valence-corrected chi connectivity index (χ1v) is 4.82. The van der Waals surface area contributed by atoms with E-state index in [0.29, 0.717) is 0 Å². The highest BCUT2D eigenvalue weighted by Gasteiger charge is 1.93. The molecular weight excluding hydrogens is 128 g/mol. The summed E-state index contributed by atoms with van der Waals surface area (Å²) in [6, 6.07) is 0. The molecule has 0 saturated heterocycles. The Bertz CT molecular complexity index is 142. The third-order valence-electron chi connectivity index (χ3n) is 1.22. The molecule has 0 aromatic carbocycles. The minimum atomic E-state index is 0.101. The maximum Gasteiger partial charge on any atom is -0.000454 e. The molecule has 0 spiro atoms. The van der Waals surface area contributed by atoms with Crippen molar-refractivity contribution in [3.8, 4) is 0 Å². The number of hydrogen-bond acceptors (Lipinski definition) is 0. The van der Waals surface area contributed by atoms with Crippen LogP contribution in [0, 0.1) is 0 Å². The van der Waals surface area contributed by atoms with E-state index < -0.39 is 0 Å². The standard InChI is InChI=1S/C8H12S/c1-2-3-6-9-7-4-5-8-9/h2-5,7-9H,6H2,1H3. The highest BCUT2D eigenvalue weighted by atomic mass is 32.2. The van der Waals surface area contributed by atoms with Crippen molar-refractivity contribution < 1.29 is 0 Å². The van der Waals surface area contributed by atoms with Gasteiger partial charge in [0, 0.05) is 0 Å². The maximum absolute atomic E-state index is 2.29. The molecule has 0 atom stereocenters. The van der Waals surface area contributed by atoms with Gasteiger partial charge in [0.1, 0.15) is 0 Å². The van der Waals surface area contributed by atoms with E-state index in [1.165, 1.54) is 5.75 Å². The summed E-state index contributed by atoms with van der Waals surface area (Å²) in [7, 11) is 0.101. The van der Waals surface area contributed by atoms with Crippen molar-refractivity contribution in [1.29, 1.82) is 0 Å². The van der Waals surface area contributed by atoms with Gasteiger partial charge in [-0.3, -0.25) is 0 Å². The molecule has 50 valence electrons. The molecule has 1 rings (SSSR count). The summed E-state index contributed by atoms with van der Waals surface area (Å²) in [4.78, 5) is 0. The smallest absolute Gasteiger partial charge is 0.000454 e. The van der Waals surface area contributed by atoms with Crippen molar-refractivity contribution in [2.75, 3.05) is 5.75 Å². The van der Waals surface area contributed by atoms with Gasteiger partial charge in [0.25, 0.3) is 0 Å². The van der Waals surface area contributed by atoms with Crippen molar-refractivity contribution in [2.45, 2.75) is 6.92 Å². The molecular formula is C8H12S. The fourth-order valence-electron chi connectivity index (χ4n) is 0.719. The van der Waals surface area contributed by atoms with Gasteiger partial charge in [-0.05, 0) is 23.5 Å². The van der Waals surface area contributed by atoms with Crippen molar-refractivity contribution >= 4 is 10.9 Å². The van der Waals surface area contributed by atoms with E-state index in [2.05, 4.69) is 42.0 Å². The van der Waals surface area contributed by atoms with E-state index in [4.69, 9.17) is 0 Å². The molecule has 0 fully saturated rings. The topological polar surface area (TPSA) is 0 Å². The van der Waals surface area contributed by atoms with Crippen LogP contribution in [-0.2, 0) is 0 Å². The van der Waals surface area contributed by atoms with E-state index in [1.807, 2.05) is 0 Å². The van der Waals surface area contributed by atoms with E-state index >= 15 is 0 Å². The Morgan fingerprint density at radius 3 is 2.56 bits per heavy atom. The van der Waals surface area contributed by atoms with Crippen LogP contribution in [0.15, 0.2) is 35.1 Å². The summed E-state index contributed by atoms with van der Waals surface area (Å²) < 4.78 is 0. The molecule has 9 heavy (non-hydrogen) atoms. The van der Waals surface area contributed by atoms with E-state index in [1.54, 1.807) is 0 Å². The quantitative estimate of drug-likeness (QED) is 0.442. The number of thiol groups is 1. The second-order valence-electron chi connectivity index (χ2n) is 1.95. The van der Waals surface area contributed by atoms with Crippen molar-refractivity contribution in [1.82, 2.24) is 0 Å². The van der Waals surface area contributed by atoms with Gasteiger partial charge in [-0.25, -0.2) is 10.9 Å². The summed E-state index contributed by atoms with van der Waals surface area (Å²) in [5, 5.41) is 4.57. The van der Waals surface area contributed by atoms with Crippen LogP contribution in [0.2, 0.25) is 0 Å². The normalized spacial score (nSPS) is 20.3. The Balaban J connectivity index is 2.29. The van der Waals surface area contributed by atoms with Gasteiger partial charge in [0.05, 0.1) is 0 Å². The first kappa shape index (κ1) is 6.69. The highest BCUT2D eigenvalue weighted by Crippen LogP contribution is 2.32. The first-order valence-electron chi connectivity index (χ1n) is 3.15. The summed E-state index contributed by atoms with van der Waals surface area (Å²) in [5.41, 5.74) is 0. The lowest BCUT2D eigenvalue weighted by atomic mass is 10.6. The average molecular weight is 140 g/mol. The van der Waals surface area contributed by atoms with Crippen molar-refractivity contribution in [2.24, 2.45) is 0 Å². The van der Waals surface area contributed by atoms with Gasteiger partial charge in [0.2, 0.25) is 0 Å². The SMILES string of the molecule is CC=CC[SH]1C=CC=C1. The molecule has 0 N–H and O–H groups in total. The molecule has 1 aliphatic rings. The van der Waals surface area contributed by atoms with Crippen LogP contribution < -0.4 is 0 Å². The highest BCUT2D eigenvalue weighted by molar-refractivity contribution is 8.22. The van der Waals surface area contributed by atoms with Crippen LogP contribution >= 0.6 is 10.9 Å². The number of rotatable bonds is 2. The third-order valence-corrected chi connectivity index (χ3v) is 2.96. The fourth-order valence-corrected chi connectivity index (χ4v) is 2.16. The van der Waals surface area contributed by atoms with E-state index in [0.717, 1.165) is 0 Å². The maximum atomic E-state index is 2.29. The molecule has 1 heteroatoms. The zero-order chi connectivity index (χ0) is 6.53. The summed E-state index contributed by atoms with van der Waals surface area (Å²) in [5.74, 6) is 1.22. The minimum Gasteiger partial charge on any atom is -0.210 e. The molecule has 0 amide bonds. The minimum absolute atomic E-state index is 0.101. The fraction of sp³-hybridized carbons (Fsp3) is 0.250.